The number of carbonyl (C=O) groups is 1. The molecule has 0 atom stereocenters. The molecule has 6 nitrogen and oxygen atoms in total. The molecule has 0 aliphatic carbocycles. The molecule has 0 N–H and O–H groups in total. The van der Waals surface area contributed by atoms with Gasteiger partial charge in [0.25, 0.3) is 0 Å². The number of esters is 1. The van der Waals surface area contributed by atoms with Crippen molar-refractivity contribution in [3.8, 4) is 22.8 Å². The van der Waals surface area contributed by atoms with E-state index in [1.54, 1.807) is 12.3 Å². The summed E-state index contributed by atoms with van der Waals surface area (Å²) in [4.78, 5) is 16.0. The molecule has 3 rings (SSSR count). The van der Waals surface area contributed by atoms with Gasteiger partial charge in [-0.3, -0.25) is 0 Å². The number of ether oxygens (including phenoxy) is 3. The Kier molecular flexibility index (Phi) is 6.57. The smallest absolute Gasteiger partial charge is 0.387 e. The predicted octanol–water partition coefficient (Wildman–Crippen LogP) is 4.71. The maximum absolute atomic E-state index is 12.6. The van der Waals surface area contributed by atoms with Crippen LogP contribution in [0.3, 0.4) is 0 Å². The minimum atomic E-state index is -3.03. The van der Waals surface area contributed by atoms with Gasteiger partial charge in [0.05, 0.1) is 13.3 Å². The third-order valence-corrected chi connectivity index (χ3v) is 3.78. The molecule has 0 saturated carbocycles. The van der Waals surface area contributed by atoms with Crippen LogP contribution in [0.25, 0.3) is 17.4 Å². The Morgan fingerprint density at radius 2 is 1.97 bits per heavy atom. The normalized spacial score (nSPS) is 11.0. The topological polar surface area (TPSA) is 70.8 Å². The third-order valence-electron chi connectivity index (χ3n) is 3.78. The zero-order chi connectivity index (χ0) is 20.6. The SMILES string of the molecule is COc1cccc(/C=C/C(=O)OCc2ncc(-c3ccccc3)o2)c1OC(F)F. The van der Waals surface area contributed by atoms with Crippen LogP contribution in [0.15, 0.2) is 65.2 Å². The molecule has 29 heavy (non-hydrogen) atoms. The molecular formula is C21H17F2NO5. The third kappa shape index (κ3) is 5.41. The Bertz CT molecular complexity index is 986. The van der Waals surface area contributed by atoms with Crippen LogP contribution >= 0.6 is 0 Å². The van der Waals surface area contributed by atoms with E-state index < -0.39 is 12.6 Å². The highest BCUT2D eigenvalue weighted by Gasteiger charge is 2.14. The van der Waals surface area contributed by atoms with Crippen LogP contribution in [0.4, 0.5) is 8.78 Å². The van der Waals surface area contributed by atoms with E-state index in [0.717, 1.165) is 11.6 Å². The summed E-state index contributed by atoms with van der Waals surface area (Å²) in [6.45, 7) is -3.21. The van der Waals surface area contributed by atoms with Crippen LogP contribution in [0.2, 0.25) is 0 Å². The number of para-hydroxylation sites is 1. The summed E-state index contributed by atoms with van der Waals surface area (Å²) in [5.41, 5.74) is 1.09. The minimum absolute atomic E-state index is 0.119. The zero-order valence-corrected chi connectivity index (χ0v) is 15.4. The summed E-state index contributed by atoms with van der Waals surface area (Å²) in [7, 11) is 1.33. The Balaban J connectivity index is 1.63. The van der Waals surface area contributed by atoms with Gasteiger partial charge < -0.3 is 18.6 Å². The van der Waals surface area contributed by atoms with Crippen molar-refractivity contribution in [2.45, 2.75) is 13.2 Å². The molecule has 0 bridgehead atoms. The lowest BCUT2D eigenvalue weighted by Crippen LogP contribution is -2.05. The first-order valence-corrected chi connectivity index (χ1v) is 8.53. The van der Waals surface area contributed by atoms with Gasteiger partial charge in [-0.05, 0) is 12.1 Å². The molecule has 0 aliphatic rings. The van der Waals surface area contributed by atoms with Crippen molar-refractivity contribution in [2.75, 3.05) is 7.11 Å². The van der Waals surface area contributed by atoms with E-state index in [4.69, 9.17) is 13.9 Å². The molecule has 0 radical (unpaired) electrons. The minimum Gasteiger partial charge on any atom is -0.493 e. The molecular weight excluding hydrogens is 384 g/mol. The Morgan fingerprint density at radius 1 is 1.17 bits per heavy atom. The molecule has 0 aliphatic heterocycles. The highest BCUT2D eigenvalue weighted by Crippen LogP contribution is 2.33. The maximum Gasteiger partial charge on any atom is 0.387 e. The summed E-state index contributed by atoms with van der Waals surface area (Å²) in [5.74, 6) is 0.0321. The standard InChI is InChI=1S/C21H17F2NO5/c1-26-16-9-5-8-15(20(16)29-21(22)23)10-11-19(25)27-13-18-24-12-17(28-18)14-6-3-2-4-7-14/h2-12,21H,13H2,1H3/b11-10+. The van der Waals surface area contributed by atoms with Crippen molar-refractivity contribution in [2.24, 2.45) is 0 Å². The van der Waals surface area contributed by atoms with E-state index in [1.165, 1.54) is 25.3 Å². The fourth-order valence-corrected chi connectivity index (χ4v) is 2.49. The number of halogens is 2. The first-order chi connectivity index (χ1) is 14.1. The Labute approximate surface area is 165 Å². The van der Waals surface area contributed by atoms with Crippen molar-refractivity contribution in [1.82, 2.24) is 4.98 Å². The van der Waals surface area contributed by atoms with Gasteiger partial charge in [-0.1, -0.05) is 42.5 Å². The highest BCUT2D eigenvalue weighted by molar-refractivity contribution is 5.87. The highest BCUT2D eigenvalue weighted by atomic mass is 19.3. The number of carbonyl (C=O) groups excluding carboxylic acids is 1. The van der Waals surface area contributed by atoms with Crippen molar-refractivity contribution < 1.29 is 32.2 Å². The molecule has 8 heteroatoms. The Hall–Kier alpha value is -3.68. The van der Waals surface area contributed by atoms with Crippen molar-refractivity contribution in [1.29, 1.82) is 0 Å². The number of benzene rings is 2. The number of methoxy groups -OCH3 is 1. The van der Waals surface area contributed by atoms with Gasteiger partial charge in [-0.15, -0.1) is 0 Å². The van der Waals surface area contributed by atoms with E-state index >= 15 is 0 Å². The molecule has 0 fully saturated rings. The zero-order valence-electron chi connectivity index (χ0n) is 15.4. The molecule has 1 heterocycles. The number of hydrogen-bond acceptors (Lipinski definition) is 6. The number of rotatable bonds is 8. The van der Waals surface area contributed by atoms with Gasteiger partial charge in [-0.2, -0.15) is 8.78 Å². The second kappa shape index (κ2) is 9.50. The van der Waals surface area contributed by atoms with E-state index in [-0.39, 0.29) is 29.6 Å². The number of nitrogens with zero attached hydrogens (tertiary/aromatic N) is 1. The Morgan fingerprint density at radius 3 is 2.69 bits per heavy atom. The van der Waals surface area contributed by atoms with E-state index in [0.29, 0.717) is 5.76 Å². The fraction of sp³-hybridized carbons (Fsp3) is 0.143. The lowest BCUT2D eigenvalue weighted by Gasteiger charge is -2.12. The number of alkyl halides is 2. The summed E-state index contributed by atoms with van der Waals surface area (Å²) >= 11 is 0. The second-order valence-electron chi connectivity index (χ2n) is 5.68. The molecule has 2 aromatic carbocycles. The monoisotopic (exact) mass is 401 g/mol. The van der Waals surface area contributed by atoms with Crippen molar-refractivity contribution >= 4 is 12.0 Å². The van der Waals surface area contributed by atoms with Crippen LogP contribution in [0.1, 0.15) is 11.5 Å². The molecule has 150 valence electrons. The second-order valence-corrected chi connectivity index (χ2v) is 5.68. The lowest BCUT2D eigenvalue weighted by atomic mass is 10.1. The number of aromatic nitrogens is 1. The maximum atomic E-state index is 12.6. The van der Waals surface area contributed by atoms with E-state index in [1.807, 2.05) is 30.3 Å². The first kappa shape index (κ1) is 20.1. The summed E-state index contributed by atoms with van der Waals surface area (Å²) < 4.78 is 45.4. The average molecular weight is 401 g/mol. The van der Waals surface area contributed by atoms with Crippen LogP contribution < -0.4 is 9.47 Å². The molecule has 0 saturated heterocycles. The van der Waals surface area contributed by atoms with Gasteiger partial charge in [0.15, 0.2) is 23.9 Å². The number of hydrogen-bond donors (Lipinski definition) is 0. The van der Waals surface area contributed by atoms with Crippen LogP contribution in [0, 0.1) is 0 Å². The lowest BCUT2D eigenvalue weighted by molar-refractivity contribution is -0.139. The summed E-state index contributed by atoms with van der Waals surface area (Å²) in [6, 6.07) is 13.9. The molecule has 1 aromatic heterocycles. The van der Waals surface area contributed by atoms with Gasteiger partial charge in [0.1, 0.15) is 0 Å². The van der Waals surface area contributed by atoms with Gasteiger partial charge in [0.2, 0.25) is 5.89 Å². The van der Waals surface area contributed by atoms with E-state index in [2.05, 4.69) is 9.72 Å². The molecule has 0 unspecified atom stereocenters. The molecule has 3 aromatic rings. The largest absolute Gasteiger partial charge is 0.493 e. The van der Waals surface area contributed by atoms with Gasteiger partial charge >= 0.3 is 12.6 Å². The fourth-order valence-electron chi connectivity index (χ4n) is 2.49. The summed E-state index contributed by atoms with van der Waals surface area (Å²) in [6.07, 6.45) is 3.93. The van der Waals surface area contributed by atoms with Crippen LogP contribution in [0.5, 0.6) is 11.5 Å². The first-order valence-electron chi connectivity index (χ1n) is 8.53. The average Bonchev–Trinajstić information content (AvgIpc) is 3.21. The van der Waals surface area contributed by atoms with Crippen LogP contribution in [-0.2, 0) is 16.1 Å². The van der Waals surface area contributed by atoms with Crippen molar-refractivity contribution in [3.63, 3.8) is 0 Å². The predicted molar refractivity (Wildman–Crippen MR) is 100 cm³/mol. The number of oxazole rings is 1. The van der Waals surface area contributed by atoms with Gasteiger partial charge in [-0.25, -0.2) is 9.78 Å². The van der Waals surface area contributed by atoms with Crippen molar-refractivity contribution in [3.05, 3.63) is 72.3 Å². The van der Waals surface area contributed by atoms with Crippen LogP contribution in [-0.4, -0.2) is 24.7 Å². The molecule has 0 spiro atoms. The van der Waals surface area contributed by atoms with Gasteiger partial charge in [0, 0.05) is 17.2 Å². The van der Waals surface area contributed by atoms with E-state index in [9.17, 15) is 13.6 Å². The summed E-state index contributed by atoms with van der Waals surface area (Å²) in [5, 5.41) is 0. The quantitative estimate of drug-likeness (QED) is 0.402. The molecule has 0 amide bonds.